The first kappa shape index (κ1) is 26.0. The minimum absolute atomic E-state index is 0.0385. The van der Waals surface area contributed by atoms with E-state index in [4.69, 9.17) is 31.2 Å². The van der Waals surface area contributed by atoms with Crippen molar-refractivity contribution in [2.24, 2.45) is 5.73 Å². The maximum atomic E-state index is 13.4. The first-order valence-corrected chi connectivity index (χ1v) is 12.7. The molecule has 0 saturated heterocycles. The molecule has 0 spiro atoms. The molecule has 1 atom stereocenters. The summed E-state index contributed by atoms with van der Waals surface area (Å²) in [6.45, 7) is 1.46. The Bertz CT molecular complexity index is 1520. The van der Waals surface area contributed by atoms with E-state index in [0.29, 0.717) is 22.9 Å². The molecule has 1 aromatic carbocycles. The molecule has 0 radical (unpaired) electrons. The lowest BCUT2D eigenvalue weighted by Crippen LogP contribution is -2.30. The molecule has 3 aromatic heterocycles. The van der Waals surface area contributed by atoms with E-state index < -0.39 is 21.2 Å². The first-order valence-electron chi connectivity index (χ1n) is 10.8. The quantitative estimate of drug-likeness (QED) is 0.304. The third-order valence-electron chi connectivity index (χ3n) is 5.48. The van der Waals surface area contributed by atoms with Crippen LogP contribution in [0.15, 0.2) is 53.3 Å². The van der Waals surface area contributed by atoms with Crippen molar-refractivity contribution in [1.82, 2.24) is 19.7 Å². The van der Waals surface area contributed by atoms with E-state index in [9.17, 15) is 13.2 Å². The molecule has 0 fully saturated rings. The lowest BCUT2D eigenvalue weighted by Gasteiger charge is -2.19. The van der Waals surface area contributed by atoms with Gasteiger partial charge < -0.3 is 19.6 Å². The standard InChI is InChI=1S/C23H23ClN6O6S/c1-13(10-16-15(21(25)31)11-14(24)12-26-16)37(32,33)29-23-28-27-22(19-8-5-9-36-19)30(23)20-17(34-2)6-4-7-18(20)35-3/h4-9,11-13H,10H2,1-3H3,(H2,25,31)(H,28,29)/t13-/m0/s1. The number of primary amides is 1. The minimum atomic E-state index is -4.10. The second kappa shape index (κ2) is 10.5. The Morgan fingerprint density at radius 3 is 2.49 bits per heavy atom. The summed E-state index contributed by atoms with van der Waals surface area (Å²) in [5.74, 6) is 0.367. The van der Waals surface area contributed by atoms with Crippen molar-refractivity contribution in [3.05, 3.63) is 65.1 Å². The number of pyridine rings is 1. The van der Waals surface area contributed by atoms with E-state index in [1.54, 1.807) is 30.3 Å². The van der Waals surface area contributed by atoms with Crippen LogP contribution in [0.3, 0.4) is 0 Å². The van der Waals surface area contributed by atoms with Crippen LogP contribution in [0.2, 0.25) is 5.02 Å². The predicted octanol–water partition coefficient (Wildman–Crippen LogP) is 3.06. The number of nitrogens with one attached hydrogen (secondary N) is 1. The molecule has 0 bridgehead atoms. The van der Waals surface area contributed by atoms with E-state index in [1.165, 1.54) is 44.2 Å². The van der Waals surface area contributed by atoms with Crippen LogP contribution in [-0.2, 0) is 16.4 Å². The first-order chi connectivity index (χ1) is 17.7. The highest BCUT2D eigenvalue weighted by atomic mass is 35.5. The van der Waals surface area contributed by atoms with Crippen molar-refractivity contribution in [3.8, 4) is 28.8 Å². The minimum Gasteiger partial charge on any atom is -0.494 e. The summed E-state index contributed by atoms with van der Waals surface area (Å²) in [7, 11) is -1.16. The second-order valence-electron chi connectivity index (χ2n) is 7.84. The Kier molecular flexibility index (Phi) is 7.36. The number of methoxy groups -OCH3 is 2. The van der Waals surface area contributed by atoms with Gasteiger partial charge in [0.25, 0.3) is 5.91 Å². The summed E-state index contributed by atoms with van der Waals surface area (Å²) in [6, 6.07) is 9.75. The normalized spacial score (nSPS) is 12.2. The monoisotopic (exact) mass is 546 g/mol. The average Bonchev–Trinajstić information content (AvgIpc) is 3.54. The van der Waals surface area contributed by atoms with E-state index in [0.717, 1.165) is 0 Å². The van der Waals surface area contributed by atoms with Gasteiger partial charge in [0, 0.05) is 12.6 Å². The number of hydrogen-bond acceptors (Lipinski definition) is 9. The molecule has 4 rings (SSSR count). The van der Waals surface area contributed by atoms with Crippen LogP contribution in [-0.4, -0.2) is 53.5 Å². The highest BCUT2D eigenvalue weighted by molar-refractivity contribution is 7.93. The highest BCUT2D eigenvalue weighted by Gasteiger charge is 2.29. The number of ether oxygens (including phenoxy) is 2. The lowest BCUT2D eigenvalue weighted by molar-refractivity contribution is 0.0999. The number of sulfonamides is 1. The molecular weight excluding hydrogens is 524 g/mol. The van der Waals surface area contributed by atoms with Crippen LogP contribution >= 0.6 is 11.6 Å². The number of benzene rings is 1. The van der Waals surface area contributed by atoms with E-state index >= 15 is 0 Å². The van der Waals surface area contributed by atoms with Gasteiger partial charge in [-0.1, -0.05) is 17.7 Å². The highest BCUT2D eigenvalue weighted by Crippen LogP contribution is 2.38. The largest absolute Gasteiger partial charge is 0.494 e. The Morgan fingerprint density at radius 1 is 1.19 bits per heavy atom. The molecule has 3 N–H and O–H groups in total. The SMILES string of the molecule is COc1cccc(OC)c1-n1c(NS(=O)(=O)[C@@H](C)Cc2ncc(Cl)cc2C(N)=O)nnc1-c1ccco1. The third-order valence-corrected chi connectivity index (χ3v) is 7.38. The molecule has 194 valence electrons. The van der Waals surface area contributed by atoms with E-state index in [1.807, 2.05) is 0 Å². The summed E-state index contributed by atoms with van der Waals surface area (Å²) in [5.41, 5.74) is 6.01. The van der Waals surface area contributed by atoms with E-state index in [-0.39, 0.29) is 34.5 Å². The number of hydrogen-bond donors (Lipinski definition) is 2. The second-order valence-corrected chi connectivity index (χ2v) is 10.4. The van der Waals surface area contributed by atoms with Gasteiger partial charge in [-0.2, -0.15) is 0 Å². The van der Waals surface area contributed by atoms with Crippen molar-refractivity contribution >= 4 is 33.5 Å². The third kappa shape index (κ3) is 5.22. The van der Waals surface area contributed by atoms with E-state index in [2.05, 4.69) is 19.9 Å². The van der Waals surface area contributed by atoms with Crippen molar-refractivity contribution in [2.45, 2.75) is 18.6 Å². The molecule has 0 saturated carbocycles. The Balaban J connectivity index is 1.77. The van der Waals surface area contributed by atoms with Gasteiger partial charge in [0.15, 0.2) is 5.76 Å². The topological polar surface area (TPSA) is 164 Å². The molecule has 1 amide bonds. The van der Waals surface area contributed by atoms with Gasteiger partial charge >= 0.3 is 0 Å². The molecule has 4 aromatic rings. The number of rotatable bonds is 10. The molecule has 0 aliphatic heterocycles. The fraction of sp³-hybridized carbons (Fsp3) is 0.217. The number of nitrogens with zero attached hydrogens (tertiary/aromatic N) is 4. The molecule has 12 nitrogen and oxygen atoms in total. The number of nitrogens with two attached hydrogens (primary N) is 1. The van der Waals surface area contributed by atoms with Crippen LogP contribution in [0.5, 0.6) is 11.5 Å². The molecule has 0 aliphatic rings. The van der Waals surface area contributed by atoms with Crippen LogP contribution in [0.25, 0.3) is 17.3 Å². The number of amides is 1. The van der Waals surface area contributed by atoms with Gasteiger partial charge in [-0.25, -0.2) is 8.42 Å². The summed E-state index contributed by atoms with van der Waals surface area (Å²) in [6.07, 6.45) is 2.65. The van der Waals surface area contributed by atoms with Gasteiger partial charge in [-0.15, -0.1) is 10.2 Å². The van der Waals surface area contributed by atoms with Crippen LogP contribution in [0.1, 0.15) is 23.0 Å². The van der Waals surface area contributed by atoms with Crippen LogP contribution in [0, 0.1) is 0 Å². The van der Waals surface area contributed by atoms with Gasteiger partial charge in [0.2, 0.25) is 21.8 Å². The van der Waals surface area contributed by atoms with Crippen molar-refractivity contribution in [2.75, 3.05) is 18.9 Å². The zero-order chi connectivity index (χ0) is 26.7. The van der Waals surface area contributed by atoms with Gasteiger partial charge in [-0.05, 0) is 37.3 Å². The maximum Gasteiger partial charge on any atom is 0.250 e. The van der Waals surface area contributed by atoms with Gasteiger partial charge in [0.1, 0.15) is 17.2 Å². The maximum absolute atomic E-state index is 13.4. The summed E-state index contributed by atoms with van der Waals surface area (Å²) >= 11 is 5.92. The van der Waals surface area contributed by atoms with Gasteiger partial charge in [0.05, 0.1) is 42.0 Å². The number of halogens is 1. The molecule has 37 heavy (non-hydrogen) atoms. The zero-order valence-corrected chi connectivity index (χ0v) is 21.6. The number of anilines is 1. The molecule has 0 unspecified atom stereocenters. The summed E-state index contributed by atoms with van der Waals surface area (Å²) < 4.78 is 47.2. The molecule has 0 aliphatic carbocycles. The lowest BCUT2D eigenvalue weighted by atomic mass is 10.1. The average molecular weight is 547 g/mol. The predicted molar refractivity (Wildman–Crippen MR) is 136 cm³/mol. The Morgan fingerprint density at radius 2 is 1.89 bits per heavy atom. The Labute approximate surface area is 217 Å². The number of para-hydroxylation sites is 1. The summed E-state index contributed by atoms with van der Waals surface area (Å²) in [4.78, 5) is 15.9. The molecular formula is C23H23ClN6O6S. The van der Waals surface area contributed by atoms with Crippen molar-refractivity contribution in [3.63, 3.8) is 0 Å². The van der Waals surface area contributed by atoms with Crippen molar-refractivity contribution < 1.29 is 27.1 Å². The fourth-order valence-corrected chi connectivity index (χ4v) is 4.76. The van der Waals surface area contributed by atoms with Crippen LogP contribution < -0.4 is 19.9 Å². The Hall–Kier alpha value is -4.10. The van der Waals surface area contributed by atoms with Gasteiger partial charge in [-0.3, -0.25) is 19.1 Å². The van der Waals surface area contributed by atoms with Crippen molar-refractivity contribution in [1.29, 1.82) is 0 Å². The molecule has 14 heteroatoms. The van der Waals surface area contributed by atoms with Crippen LogP contribution in [0.4, 0.5) is 5.95 Å². The fourth-order valence-electron chi connectivity index (χ4n) is 3.63. The smallest absolute Gasteiger partial charge is 0.250 e. The number of carbonyl (C=O) groups is 1. The number of aromatic nitrogens is 4. The zero-order valence-electron chi connectivity index (χ0n) is 20.0. The number of carbonyl (C=O) groups excluding carboxylic acids is 1. The summed E-state index contributed by atoms with van der Waals surface area (Å²) in [5, 5.41) is 7.37. The number of furan rings is 1. The molecule has 3 heterocycles.